The third-order valence-electron chi connectivity index (χ3n) is 2.93. The van der Waals surface area contributed by atoms with Crippen LogP contribution in [0.3, 0.4) is 0 Å². The van der Waals surface area contributed by atoms with Crippen LogP contribution in [0.5, 0.6) is 5.75 Å². The number of anilines is 1. The molecule has 1 atom stereocenters. The number of ether oxygens (including phenoxy) is 1. The smallest absolute Gasteiger partial charge is 0.433 e. The summed E-state index contributed by atoms with van der Waals surface area (Å²) in [6.45, 7) is -1.71. The third-order valence-corrected chi connectivity index (χ3v) is 3.99. The molecule has 0 radical (unpaired) electrons. The molecule has 0 bridgehead atoms. The first kappa shape index (κ1) is 19.8. The maximum atomic E-state index is 12.6. The van der Waals surface area contributed by atoms with Crippen LogP contribution in [0.2, 0.25) is 0 Å². The van der Waals surface area contributed by atoms with Crippen molar-refractivity contribution in [1.29, 1.82) is 0 Å². The van der Waals surface area contributed by atoms with E-state index in [1.54, 1.807) is 0 Å². The number of nitrogen functional groups attached to an aromatic ring is 1. The Morgan fingerprint density at radius 2 is 1.96 bits per heavy atom. The van der Waals surface area contributed by atoms with Gasteiger partial charge in [0.2, 0.25) is 11.1 Å². The van der Waals surface area contributed by atoms with Gasteiger partial charge in [-0.15, -0.1) is 10.2 Å². The number of nitrogens with one attached hydrogen (secondary N) is 1. The van der Waals surface area contributed by atoms with Gasteiger partial charge >= 0.3 is 12.8 Å². The van der Waals surface area contributed by atoms with Crippen LogP contribution in [0.15, 0.2) is 29.4 Å². The number of carbonyl (C=O) groups excluding carboxylic acids is 1. The molecule has 3 N–H and O–H groups in total. The normalized spacial score (nSPS) is 12.9. The molecule has 0 aliphatic carbocycles. The molecule has 1 aromatic carbocycles. The molecule has 0 saturated heterocycles. The van der Waals surface area contributed by atoms with E-state index in [0.29, 0.717) is 11.8 Å². The molecule has 2 aromatic rings. The van der Waals surface area contributed by atoms with Crippen LogP contribution in [-0.4, -0.2) is 32.6 Å². The number of benzene rings is 1. The fourth-order valence-corrected chi connectivity index (χ4v) is 2.54. The van der Waals surface area contributed by atoms with E-state index in [-0.39, 0.29) is 21.3 Å². The number of amides is 1. The van der Waals surface area contributed by atoms with Crippen molar-refractivity contribution in [3.05, 3.63) is 30.1 Å². The second kappa shape index (κ2) is 7.76. The summed E-state index contributed by atoms with van der Waals surface area (Å²) < 4.78 is 67.1. The molecule has 0 spiro atoms. The molecule has 0 aliphatic rings. The number of nitrogens with zero attached hydrogens (tertiary/aromatic N) is 3. The van der Waals surface area contributed by atoms with E-state index in [2.05, 4.69) is 20.3 Å². The van der Waals surface area contributed by atoms with Gasteiger partial charge in [0.05, 0.1) is 10.9 Å². The topological polar surface area (TPSA) is 95.1 Å². The van der Waals surface area contributed by atoms with Gasteiger partial charge in [0.25, 0.3) is 5.82 Å². The summed E-state index contributed by atoms with van der Waals surface area (Å²) in [5.41, 5.74) is -0.0181. The molecule has 1 heterocycles. The first-order chi connectivity index (χ1) is 12.1. The lowest BCUT2D eigenvalue weighted by Crippen LogP contribution is -2.25. The van der Waals surface area contributed by atoms with Gasteiger partial charge < -0.3 is 15.9 Å². The van der Waals surface area contributed by atoms with Crippen molar-refractivity contribution < 1.29 is 31.5 Å². The summed E-state index contributed by atoms with van der Waals surface area (Å²) in [5.74, 6) is 2.93. The van der Waals surface area contributed by atoms with Crippen molar-refractivity contribution >= 4 is 23.4 Å². The van der Waals surface area contributed by atoms with Crippen LogP contribution in [0.25, 0.3) is 0 Å². The molecule has 1 unspecified atom stereocenters. The minimum atomic E-state index is -4.79. The van der Waals surface area contributed by atoms with Gasteiger partial charge in [-0.1, -0.05) is 23.9 Å². The zero-order chi connectivity index (χ0) is 19.5. The van der Waals surface area contributed by atoms with Gasteiger partial charge in [0.1, 0.15) is 5.75 Å². The number of rotatable bonds is 6. The Labute approximate surface area is 147 Å². The van der Waals surface area contributed by atoms with E-state index >= 15 is 0 Å². The number of hydrogen-bond donors (Lipinski definition) is 2. The summed E-state index contributed by atoms with van der Waals surface area (Å²) in [5, 5.41) is 7.29. The van der Waals surface area contributed by atoms with Crippen molar-refractivity contribution in [2.75, 3.05) is 11.2 Å². The number of hydrogen-bond acceptors (Lipinski definition) is 6. The number of halogens is 5. The Morgan fingerprint density at radius 3 is 2.54 bits per heavy atom. The lowest BCUT2D eigenvalue weighted by atomic mass is 10.3. The second-order valence-electron chi connectivity index (χ2n) is 4.80. The standard InChI is InChI=1S/C13H12F5N5O2S/c1-6(26-12-22-21-10(23(12)19)13(16,17)18)9(24)20-7-4-2-3-5-8(7)25-11(14)15/h2-6,11H,19H2,1H3,(H,20,24). The molecule has 13 heteroatoms. The quantitative estimate of drug-likeness (QED) is 0.442. The summed E-state index contributed by atoms with van der Waals surface area (Å²) in [4.78, 5) is 12.2. The summed E-state index contributed by atoms with van der Waals surface area (Å²) in [7, 11) is 0. The van der Waals surface area contributed by atoms with E-state index in [1.807, 2.05) is 0 Å². The number of alkyl halides is 5. The highest BCUT2D eigenvalue weighted by Crippen LogP contribution is 2.31. The zero-order valence-electron chi connectivity index (χ0n) is 13.0. The van der Waals surface area contributed by atoms with E-state index in [1.165, 1.54) is 31.2 Å². The number of nitrogens with two attached hydrogens (primary N) is 1. The predicted molar refractivity (Wildman–Crippen MR) is 82.2 cm³/mol. The summed E-state index contributed by atoms with van der Waals surface area (Å²) in [6.07, 6.45) is -4.79. The Kier molecular flexibility index (Phi) is 5.90. The van der Waals surface area contributed by atoms with Crippen LogP contribution >= 0.6 is 11.8 Å². The van der Waals surface area contributed by atoms with Crippen LogP contribution in [0, 0.1) is 0 Å². The average Bonchev–Trinajstić information content (AvgIpc) is 2.89. The molecular formula is C13H12F5N5O2S. The molecule has 26 heavy (non-hydrogen) atoms. The fourth-order valence-electron chi connectivity index (χ4n) is 1.77. The van der Waals surface area contributed by atoms with E-state index in [9.17, 15) is 26.7 Å². The average molecular weight is 397 g/mol. The number of carbonyl (C=O) groups is 1. The Balaban J connectivity index is 2.09. The van der Waals surface area contributed by atoms with Gasteiger partial charge in [0, 0.05) is 0 Å². The van der Waals surface area contributed by atoms with Crippen LogP contribution in [0.4, 0.5) is 27.6 Å². The first-order valence-corrected chi connectivity index (χ1v) is 7.76. The SMILES string of the molecule is CC(Sc1nnc(C(F)(F)F)n1N)C(=O)Nc1ccccc1OC(F)F. The monoisotopic (exact) mass is 397 g/mol. The Morgan fingerprint density at radius 1 is 1.31 bits per heavy atom. The molecule has 142 valence electrons. The Hall–Kier alpha value is -2.57. The van der Waals surface area contributed by atoms with Crippen molar-refractivity contribution in [2.24, 2.45) is 0 Å². The molecular weight excluding hydrogens is 385 g/mol. The maximum absolute atomic E-state index is 12.6. The predicted octanol–water partition coefficient (Wildman–Crippen LogP) is 2.73. The van der Waals surface area contributed by atoms with Crippen LogP contribution in [0.1, 0.15) is 12.7 Å². The largest absolute Gasteiger partial charge is 0.453 e. The minimum absolute atomic E-state index is 0.0181. The van der Waals surface area contributed by atoms with Crippen molar-refractivity contribution in [3.63, 3.8) is 0 Å². The first-order valence-electron chi connectivity index (χ1n) is 6.88. The molecule has 1 aromatic heterocycles. The molecule has 7 nitrogen and oxygen atoms in total. The number of para-hydroxylation sites is 2. The minimum Gasteiger partial charge on any atom is -0.433 e. The molecule has 1 amide bonds. The summed E-state index contributed by atoms with van der Waals surface area (Å²) in [6, 6.07) is 5.48. The maximum Gasteiger partial charge on any atom is 0.453 e. The van der Waals surface area contributed by atoms with Gasteiger partial charge in [0.15, 0.2) is 0 Å². The van der Waals surface area contributed by atoms with E-state index in [0.717, 1.165) is 0 Å². The Bertz CT molecular complexity index is 783. The van der Waals surface area contributed by atoms with Gasteiger partial charge in [-0.25, -0.2) is 4.68 Å². The van der Waals surface area contributed by atoms with Gasteiger partial charge in [-0.2, -0.15) is 22.0 Å². The van der Waals surface area contributed by atoms with E-state index < -0.39 is 29.8 Å². The molecule has 0 fully saturated rings. The summed E-state index contributed by atoms with van der Waals surface area (Å²) >= 11 is 0.618. The highest BCUT2D eigenvalue weighted by atomic mass is 32.2. The second-order valence-corrected chi connectivity index (χ2v) is 6.11. The van der Waals surface area contributed by atoms with Crippen LogP contribution in [-0.2, 0) is 11.0 Å². The molecule has 2 rings (SSSR count). The highest BCUT2D eigenvalue weighted by molar-refractivity contribution is 8.00. The van der Waals surface area contributed by atoms with Crippen LogP contribution < -0.4 is 15.9 Å². The van der Waals surface area contributed by atoms with Gasteiger partial charge in [-0.3, -0.25) is 4.79 Å². The van der Waals surface area contributed by atoms with Crippen molar-refractivity contribution in [1.82, 2.24) is 14.9 Å². The molecule has 0 saturated carbocycles. The molecule has 0 aliphatic heterocycles. The number of thioether (sulfide) groups is 1. The zero-order valence-corrected chi connectivity index (χ0v) is 13.8. The fraction of sp³-hybridized carbons (Fsp3) is 0.308. The lowest BCUT2D eigenvalue weighted by molar-refractivity contribution is -0.146. The van der Waals surface area contributed by atoms with E-state index in [4.69, 9.17) is 5.84 Å². The number of aromatic nitrogens is 3. The lowest BCUT2D eigenvalue weighted by Gasteiger charge is -2.14. The van der Waals surface area contributed by atoms with Gasteiger partial charge in [-0.05, 0) is 19.1 Å². The highest BCUT2D eigenvalue weighted by Gasteiger charge is 2.38. The third kappa shape index (κ3) is 4.74. The van der Waals surface area contributed by atoms with Crippen molar-refractivity contribution in [2.45, 2.75) is 30.1 Å². The van der Waals surface area contributed by atoms with Crippen molar-refractivity contribution in [3.8, 4) is 5.75 Å².